The number of rotatable bonds is 3. The molecule has 1 aliphatic heterocycles. The van der Waals surface area contributed by atoms with Crippen molar-refractivity contribution in [3.63, 3.8) is 0 Å². The van der Waals surface area contributed by atoms with Crippen LogP contribution in [0.3, 0.4) is 0 Å². The molecule has 1 amide bonds. The third-order valence-corrected chi connectivity index (χ3v) is 8.28. The summed E-state index contributed by atoms with van der Waals surface area (Å²) in [6, 6.07) is 12.3. The van der Waals surface area contributed by atoms with Gasteiger partial charge in [-0.2, -0.15) is 4.31 Å². The molecule has 1 fully saturated rings. The second-order valence-corrected chi connectivity index (χ2v) is 9.76. The number of carbonyl (C=O) groups is 1. The van der Waals surface area contributed by atoms with Gasteiger partial charge >= 0.3 is 0 Å². The van der Waals surface area contributed by atoms with E-state index in [1.807, 2.05) is 24.3 Å². The maximum atomic E-state index is 13.1. The standard InChI is InChI=1S/C19H16ClFN2O3S2/c20-17-15-3-1-2-4-16(15)27-18(17)19(24)22-9-11-23(12-10-22)28(25,26)14-7-5-13(21)6-8-14/h1-8H,9-12H2. The Morgan fingerprint density at radius 3 is 2.29 bits per heavy atom. The van der Waals surface area contributed by atoms with Crippen LogP contribution >= 0.6 is 22.9 Å². The predicted octanol–water partition coefficient (Wildman–Crippen LogP) is 3.84. The van der Waals surface area contributed by atoms with Crippen molar-refractivity contribution in [3.8, 4) is 0 Å². The van der Waals surface area contributed by atoms with E-state index in [1.54, 1.807) is 4.90 Å². The molecule has 0 radical (unpaired) electrons. The molecule has 0 N–H and O–H groups in total. The second-order valence-electron chi connectivity index (χ2n) is 6.39. The summed E-state index contributed by atoms with van der Waals surface area (Å²) in [5.74, 6) is -0.681. The third kappa shape index (κ3) is 3.41. The number of nitrogens with zero attached hydrogens (tertiary/aromatic N) is 2. The van der Waals surface area contributed by atoms with Gasteiger partial charge in [-0.1, -0.05) is 29.8 Å². The van der Waals surface area contributed by atoms with Gasteiger partial charge in [0.15, 0.2) is 0 Å². The lowest BCUT2D eigenvalue weighted by Gasteiger charge is -2.33. The van der Waals surface area contributed by atoms with Crippen molar-refractivity contribution in [3.05, 3.63) is 64.2 Å². The zero-order valence-corrected chi connectivity index (χ0v) is 17.0. The minimum Gasteiger partial charge on any atom is -0.335 e. The van der Waals surface area contributed by atoms with E-state index in [9.17, 15) is 17.6 Å². The number of halogens is 2. The molecule has 0 atom stereocenters. The van der Waals surface area contributed by atoms with E-state index >= 15 is 0 Å². The van der Waals surface area contributed by atoms with Crippen molar-refractivity contribution in [2.45, 2.75) is 4.90 Å². The van der Waals surface area contributed by atoms with Crippen molar-refractivity contribution in [2.75, 3.05) is 26.2 Å². The van der Waals surface area contributed by atoms with Crippen molar-refractivity contribution in [1.29, 1.82) is 0 Å². The summed E-state index contributed by atoms with van der Waals surface area (Å²) in [7, 11) is -3.72. The van der Waals surface area contributed by atoms with Crippen LogP contribution in [0.2, 0.25) is 5.02 Å². The van der Waals surface area contributed by atoms with E-state index in [4.69, 9.17) is 11.6 Å². The Labute approximate surface area is 171 Å². The number of thiophene rings is 1. The Bertz CT molecular complexity index is 1140. The zero-order valence-electron chi connectivity index (χ0n) is 14.6. The second kappa shape index (κ2) is 7.44. The Hall–Kier alpha value is -2.00. The molecule has 1 aliphatic rings. The molecule has 0 unspecified atom stereocenters. The number of fused-ring (bicyclic) bond motifs is 1. The highest BCUT2D eigenvalue weighted by atomic mass is 35.5. The van der Waals surface area contributed by atoms with Gasteiger partial charge in [-0.3, -0.25) is 4.79 Å². The van der Waals surface area contributed by atoms with Crippen LogP contribution in [0, 0.1) is 5.82 Å². The molecule has 0 saturated carbocycles. The first-order chi connectivity index (χ1) is 13.4. The van der Waals surface area contributed by atoms with Gasteiger partial charge in [0.1, 0.15) is 10.7 Å². The largest absolute Gasteiger partial charge is 0.335 e. The molecule has 0 spiro atoms. The van der Waals surface area contributed by atoms with Gasteiger partial charge < -0.3 is 4.90 Å². The number of carbonyl (C=O) groups excluding carboxylic acids is 1. The van der Waals surface area contributed by atoms with E-state index in [2.05, 4.69) is 0 Å². The van der Waals surface area contributed by atoms with Crippen LogP contribution in [0.15, 0.2) is 53.4 Å². The zero-order chi connectivity index (χ0) is 19.9. The van der Waals surface area contributed by atoms with Crippen LogP contribution in [0.25, 0.3) is 10.1 Å². The molecular weight excluding hydrogens is 423 g/mol. The smallest absolute Gasteiger partial charge is 0.265 e. The number of amides is 1. The van der Waals surface area contributed by atoms with Gasteiger partial charge in [-0.25, -0.2) is 12.8 Å². The van der Waals surface area contributed by atoms with Crippen LogP contribution in [0.1, 0.15) is 9.67 Å². The molecule has 3 aromatic rings. The van der Waals surface area contributed by atoms with Crippen molar-refractivity contribution in [1.82, 2.24) is 9.21 Å². The normalized spacial score (nSPS) is 15.9. The molecule has 1 saturated heterocycles. The lowest BCUT2D eigenvalue weighted by Crippen LogP contribution is -2.50. The maximum absolute atomic E-state index is 13.1. The minimum atomic E-state index is -3.72. The van der Waals surface area contributed by atoms with Gasteiger partial charge in [0, 0.05) is 36.3 Å². The summed E-state index contributed by atoms with van der Waals surface area (Å²) in [6.45, 7) is 0.885. The number of hydrogen-bond acceptors (Lipinski definition) is 4. The molecular formula is C19H16ClFN2O3S2. The van der Waals surface area contributed by atoms with Crippen molar-refractivity contribution < 1.29 is 17.6 Å². The monoisotopic (exact) mass is 438 g/mol. The van der Waals surface area contributed by atoms with Gasteiger partial charge in [0.05, 0.1) is 9.92 Å². The van der Waals surface area contributed by atoms with Crippen LogP contribution in [0.5, 0.6) is 0 Å². The molecule has 28 heavy (non-hydrogen) atoms. The summed E-state index contributed by atoms with van der Waals surface area (Å²) in [5, 5.41) is 1.28. The van der Waals surface area contributed by atoms with Crippen molar-refractivity contribution >= 4 is 49.0 Å². The fraction of sp³-hybridized carbons (Fsp3) is 0.211. The fourth-order valence-corrected chi connectivity index (χ4v) is 6.08. The van der Waals surface area contributed by atoms with Crippen molar-refractivity contribution in [2.24, 2.45) is 0 Å². The quantitative estimate of drug-likeness (QED) is 0.624. The first kappa shape index (κ1) is 19.3. The lowest BCUT2D eigenvalue weighted by molar-refractivity contribution is 0.0703. The summed E-state index contributed by atoms with van der Waals surface area (Å²) in [4.78, 5) is 15.0. The number of sulfonamides is 1. The minimum absolute atomic E-state index is 0.0428. The SMILES string of the molecule is O=C(c1sc2ccccc2c1Cl)N1CCN(S(=O)(=O)c2ccc(F)cc2)CC1. The van der Waals surface area contributed by atoms with E-state index in [1.165, 1.54) is 27.8 Å². The summed E-state index contributed by atoms with van der Waals surface area (Å²) in [5.41, 5.74) is 0. The van der Waals surface area contributed by atoms with Crippen LogP contribution in [-0.4, -0.2) is 49.7 Å². The average molecular weight is 439 g/mol. The number of benzene rings is 2. The molecule has 1 aromatic heterocycles. The molecule has 2 heterocycles. The van der Waals surface area contributed by atoms with E-state index < -0.39 is 15.8 Å². The van der Waals surface area contributed by atoms with E-state index in [-0.39, 0.29) is 37.0 Å². The number of hydrogen-bond donors (Lipinski definition) is 0. The maximum Gasteiger partial charge on any atom is 0.265 e. The Morgan fingerprint density at radius 1 is 1.00 bits per heavy atom. The Kier molecular flexibility index (Phi) is 5.13. The molecule has 5 nitrogen and oxygen atoms in total. The molecule has 2 aromatic carbocycles. The molecule has 146 valence electrons. The van der Waals surface area contributed by atoms with Crippen LogP contribution < -0.4 is 0 Å². The van der Waals surface area contributed by atoms with Crippen LogP contribution in [0.4, 0.5) is 4.39 Å². The van der Waals surface area contributed by atoms with E-state index in [0.29, 0.717) is 9.90 Å². The van der Waals surface area contributed by atoms with Gasteiger partial charge in [-0.05, 0) is 30.3 Å². The molecule has 4 rings (SSSR count). The summed E-state index contributed by atoms with van der Waals surface area (Å²) >= 11 is 7.73. The average Bonchev–Trinajstić information content (AvgIpc) is 3.05. The van der Waals surface area contributed by atoms with Gasteiger partial charge in [-0.15, -0.1) is 11.3 Å². The lowest BCUT2D eigenvalue weighted by atomic mass is 10.2. The predicted molar refractivity (Wildman–Crippen MR) is 108 cm³/mol. The third-order valence-electron chi connectivity index (χ3n) is 4.71. The Morgan fingerprint density at radius 2 is 1.64 bits per heavy atom. The summed E-state index contributed by atoms with van der Waals surface area (Å²) in [6.07, 6.45) is 0. The van der Waals surface area contributed by atoms with Gasteiger partial charge in [0.25, 0.3) is 5.91 Å². The molecule has 0 aliphatic carbocycles. The Balaban J connectivity index is 1.49. The van der Waals surface area contributed by atoms with Gasteiger partial charge in [0.2, 0.25) is 10.0 Å². The first-order valence-corrected chi connectivity index (χ1v) is 11.2. The fourth-order valence-electron chi connectivity index (χ4n) is 3.18. The topological polar surface area (TPSA) is 57.7 Å². The first-order valence-electron chi connectivity index (χ1n) is 8.60. The highest BCUT2D eigenvalue weighted by Gasteiger charge is 2.31. The molecule has 9 heteroatoms. The van der Waals surface area contributed by atoms with E-state index in [0.717, 1.165) is 22.2 Å². The molecule has 0 bridgehead atoms. The van der Waals surface area contributed by atoms with Crippen LogP contribution in [-0.2, 0) is 10.0 Å². The number of piperazine rings is 1. The highest BCUT2D eigenvalue weighted by Crippen LogP contribution is 2.36. The summed E-state index contributed by atoms with van der Waals surface area (Å²) < 4.78 is 40.7. The highest BCUT2D eigenvalue weighted by molar-refractivity contribution is 7.89.